The lowest BCUT2D eigenvalue weighted by atomic mass is 9.87. The minimum absolute atomic E-state index is 0.00109. The molecule has 0 aliphatic carbocycles. The third-order valence-corrected chi connectivity index (χ3v) is 10.8. The number of carboxylic acid groups (broad SMARTS) is 1. The highest BCUT2D eigenvalue weighted by Crippen LogP contribution is 2.23. The molecule has 4 rings (SSSR count). The lowest BCUT2D eigenvalue weighted by molar-refractivity contribution is -0.141. The van der Waals surface area contributed by atoms with Crippen LogP contribution < -0.4 is 59.2 Å². The maximum atomic E-state index is 14.4. The summed E-state index contributed by atoms with van der Waals surface area (Å²) in [4.78, 5) is 108. The molecular weight excluding hydrogens is 933 g/mol. The molecule has 1 aliphatic rings. The number of benzene rings is 3. The number of nitrogens with two attached hydrogens (primary N) is 3. The van der Waals surface area contributed by atoms with Gasteiger partial charge in [0.2, 0.25) is 48.3 Å². The van der Waals surface area contributed by atoms with Crippen LogP contribution in [0.2, 0.25) is 0 Å². The van der Waals surface area contributed by atoms with Gasteiger partial charge in [0.05, 0.1) is 0 Å². The number of aliphatic carboxylic acids is 1. The van der Waals surface area contributed by atoms with Crippen LogP contribution in [0.3, 0.4) is 0 Å². The largest absolute Gasteiger partial charge is 0.492 e. The zero-order chi connectivity index (χ0) is 53.7. The van der Waals surface area contributed by atoms with E-state index in [2.05, 4.69) is 49.9 Å². The number of unbranched alkanes of at least 4 members (excludes halogenated alkanes) is 2. The second-order valence-corrected chi connectivity index (χ2v) is 16.5. The summed E-state index contributed by atoms with van der Waals surface area (Å²) in [5.41, 5.74) is 14.6. The molecule has 3 aromatic carbocycles. The molecule has 0 unspecified atom stereocenters. The fraction of sp³-hybridized carbons (Fsp3) is 0.500. The van der Waals surface area contributed by atoms with Gasteiger partial charge in [-0.05, 0) is 67.4 Å². The third-order valence-electron chi connectivity index (χ3n) is 10.8. The molecule has 1 fully saturated rings. The first-order valence-corrected chi connectivity index (χ1v) is 24.0. The van der Waals surface area contributed by atoms with Crippen molar-refractivity contribution in [3.8, 4) is 5.75 Å². The van der Waals surface area contributed by atoms with Crippen molar-refractivity contribution < 1.29 is 57.7 Å². The number of rotatable bonds is 27. The Bertz CT molecular complexity index is 2130. The van der Waals surface area contributed by atoms with E-state index in [9.17, 15) is 43.5 Å². The number of carbonyl (C=O) groups excluding carboxylic acids is 8. The van der Waals surface area contributed by atoms with Crippen molar-refractivity contribution in [2.24, 2.45) is 17.2 Å². The number of ether oxygens (including phenoxy) is 2. The van der Waals surface area contributed by atoms with Gasteiger partial charge in [-0.25, -0.2) is 0 Å². The van der Waals surface area contributed by atoms with E-state index in [-0.39, 0.29) is 70.6 Å². The molecule has 22 heteroatoms. The Morgan fingerprint density at radius 2 is 1.43 bits per heavy atom. The number of carbonyl (C=O) groups is 9. The Hall–Kier alpha value is -7.17. The van der Waals surface area contributed by atoms with Crippen LogP contribution in [0.4, 0.5) is 0 Å². The van der Waals surface area contributed by atoms with Crippen molar-refractivity contribution >= 4 is 65.0 Å². The fourth-order valence-corrected chi connectivity index (χ4v) is 7.04. The maximum absolute atomic E-state index is 14.4. The summed E-state index contributed by atoms with van der Waals surface area (Å²) < 4.78 is 11.0. The molecule has 0 spiro atoms. The van der Waals surface area contributed by atoms with Gasteiger partial charge in [-0.2, -0.15) is 0 Å². The van der Waals surface area contributed by atoms with Gasteiger partial charge in [0.25, 0.3) is 0 Å². The highest BCUT2D eigenvalue weighted by atomic mass is 16.5. The Balaban J connectivity index is 0.00000140. The van der Waals surface area contributed by atoms with Crippen molar-refractivity contribution in [1.82, 2.24) is 37.2 Å². The van der Waals surface area contributed by atoms with Crippen LogP contribution in [0.25, 0.3) is 10.8 Å². The lowest BCUT2D eigenvalue weighted by Crippen LogP contribution is -2.66. The minimum Gasteiger partial charge on any atom is -0.492 e. The molecule has 14 N–H and O–H groups in total. The molecule has 3 aromatic rings. The first-order valence-electron chi connectivity index (χ1n) is 24.0. The molecule has 3 atom stereocenters. The monoisotopic (exact) mass is 1010 g/mol. The van der Waals surface area contributed by atoms with Gasteiger partial charge in [-0.1, -0.05) is 74.4 Å². The third kappa shape index (κ3) is 25.6. The zero-order valence-corrected chi connectivity index (χ0v) is 41.9. The Labute approximate surface area is 421 Å². The number of amides is 8. The second-order valence-electron chi connectivity index (χ2n) is 16.5. The predicted octanol–water partition coefficient (Wildman–Crippen LogP) is 0.208. The van der Waals surface area contributed by atoms with Crippen molar-refractivity contribution in [3.05, 3.63) is 77.9 Å². The molecule has 398 valence electrons. The van der Waals surface area contributed by atoms with Crippen LogP contribution in [0.15, 0.2) is 66.7 Å². The highest BCUT2D eigenvalue weighted by Gasteiger charge is 2.44. The van der Waals surface area contributed by atoms with Crippen LogP contribution in [0.1, 0.15) is 83.3 Å². The predicted molar refractivity (Wildman–Crippen MR) is 272 cm³/mol. The first-order chi connectivity index (χ1) is 34.5. The molecule has 1 aliphatic heterocycles. The molecule has 0 bridgehead atoms. The fourth-order valence-electron chi connectivity index (χ4n) is 7.04. The lowest BCUT2D eigenvalue weighted by Gasteiger charge is -2.38. The molecule has 1 saturated heterocycles. The quantitative estimate of drug-likeness (QED) is 0.0360. The SMILES string of the molecule is CCCCCNC.CCNC(C)=O.NC=O.NCCOc1ccc(C[C@H](NC=O)C(=O)N[C@@H](Cc2ccc3ccccc3c2)C(=O)NC2(C(=O)N[C@@H](CCC(=O)O)C(=O)NCCC(N)=O)CCOCC2)cc1. The Morgan fingerprint density at radius 1 is 0.792 bits per heavy atom. The number of fused-ring (bicyclic) bond motifs is 1. The molecule has 72 heavy (non-hydrogen) atoms. The van der Waals surface area contributed by atoms with Crippen LogP contribution in [0.5, 0.6) is 5.75 Å². The number of hydrogen-bond donors (Lipinski definition) is 11. The summed E-state index contributed by atoms with van der Waals surface area (Å²) in [5, 5.41) is 30.1. The number of primary amides is 2. The van der Waals surface area contributed by atoms with Gasteiger partial charge in [-0.3, -0.25) is 43.2 Å². The van der Waals surface area contributed by atoms with Gasteiger partial charge in [-0.15, -0.1) is 0 Å². The standard InChI is InChI=1S/C39H49N7O10.C6H15N.C4H9NO.CH3NO/c40-16-20-56-29-9-6-25(7-10-29)22-31(43-24-47)36(52)44-32(23-26-5-8-27-3-1-2-4-28(27)21-26)37(53)46-39(14-18-55-19-15-39)38(54)45-30(11-12-34(49)50)35(51)42-17-13-33(41)48;1-3-4-5-6-7-2;1-3-5-4(2)6;2-1-3/h1-10,21,24,30-32H,11-20,22-23,40H2,(H2,41,48)(H,42,51)(H,43,47)(H,44,52)(H,45,54)(H,46,53)(H,49,50);7H,3-6H2,1-2H3;3H2,1-2H3,(H,5,6);1H,(H2,2,3)/t30-,31-,32-;;;/m0.../s1. The van der Waals surface area contributed by atoms with Crippen LogP contribution >= 0.6 is 0 Å². The summed E-state index contributed by atoms with van der Waals surface area (Å²) in [6, 6.07) is 16.5. The maximum Gasteiger partial charge on any atom is 0.303 e. The molecule has 1 heterocycles. The van der Waals surface area contributed by atoms with Crippen LogP contribution in [0, 0.1) is 0 Å². The van der Waals surface area contributed by atoms with E-state index in [4.69, 9.17) is 25.7 Å². The zero-order valence-electron chi connectivity index (χ0n) is 41.9. The van der Waals surface area contributed by atoms with E-state index in [0.29, 0.717) is 36.4 Å². The number of carboxylic acids is 1. The Morgan fingerprint density at radius 3 is 1.99 bits per heavy atom. The smallest absolute Gasteiger partial charge is 0.303 e. The van der Waals surface area contributed by atoms with E-state index in [1.165, 1.54) is 32.7 Å². The molecule has 0 aromatic heterocycles. The van der Waals surface area contributed by atoms with Crippen molar-refractivity contribution in [1.29, 1.82) is 0 Å². The average Bonchev–Trinajstić information content (AvgIpc) is 3.35. The van der Waals surface area contributed by atoms with Gasteiger partial charge in [0.15, 0.2) is 0 Å². The van der Waals surface area contributed by atoms with Gasteiger partial charge in [0, 0.05) is 78.3 Å². The summed E-state index contributed by atoms with van der Waals surface area (Å²) in [6.07, 6.45) is 3.82. The van der Waals surface area contributed by atoms with Gasteiger partial charge >= 0.3 is 5.97 Å². The minimum atomic E-state index is -1.62. The first kappa shape index (κ1) is 62.8. The normalized spacial score (nSPS) is 13.3. The van der Waals surface area contributed by atoms with E-state index >= 15 is 0 Å². The summed E-state index contributed by atoms with van der Waals surface area (Å²) in [6.45, 7) is 8.19. The topological polar surface area (TPSA) is 355 Å². The van der Waals surface area contributed by atoms with Gasteiger partial charge in [0.1, 0.15) is 36.0 Å². The second kappa shape index (κ2) is 36.7. The summed E-state index contributed by atoms with van der Waals surface area (Å²) >= 11 is 0. The van der Waals surface area contributed by atoms with E-state index < -0.39 is 65.6 Å². The van der Waals surface area contributed by atoms with Crippen LogP contribution in [-0.2, 0) is 60.7 Å². The molecular formula is C50H76N10O12. The number of hydrogen-bond acceptors (Lipinski definition) is 13. The van der Waals surface area contributed by atoms with E-state index in [0.717, 1.165) is 17.3 Å². The summed E-state index contributed by atoms with van der Waals surface area (Å²) in [5.74, 6) is -4.12. The molecule has 22 nitrogen and oxygen atoms in total. The average molecular weight is 1010 g/mol. The van der Waals surface area contributed by atoms with Crippen molar-refractivity contribution in [3.63, 3.8) is 0 Å². The molecule has 8 amide bonds. The highest BCUT2D eigenvalue weighted by molar-refractivity contribution is 5.98. The van der Waals surface area contributed by atoms with Crippen LogP contribution in [-0.4, -0.2) is 136 Å². The Kier molecular flexibility index (Phi) is 32.1. The van der Waals surface area contributed by atoms with E-state index in [1.807, 2.05) is 56.4 Å². The molecule has 0 radical (unpaired) electrons. The molecule has 0 saturated carbocycles. The number of nitrogens with one attached hydrogen (secondary N) is 7. The van der Waals surface area contributed by atoms with Crippen molar-refractivity contribution in [2.45, 2.75) is 109 Å². The summed E-state index contributed by atoms with van der Waals surface area (Å²) in [7, 11) is 2.00. The van der Waals surface area contributed by atoms with Crippen molar-refractivity contribution in [2.75, 3.05) is 53.0 Å². The van der Waals surface area contributed by atoms with E-state index in [1.54, 1.807) is 24.3 Å². The van der Waals surface area contributed by atoms with Gasteiger partial charge < -0.3 is 69.0 Å².